The standard InChI is InChI=1S/C40H26N2/c1-2-13-35-33(11-1)34-12-3-4-14-36(34)42-40(35)37-24-29(19-20-41-37)27-9-6-10-28(21-27)32-22-30-17-15-25-7-5-8-26-16-18-31(23-32)39(30)38(25)26/h1-7,9-24,39H,8H2. The molecule has 0 saturated carbocycles. The number of pyridine rings is 2. The van der Waals surface area contributed by atoms with Crippen molar-refractivity contribution in [2.75, 3.05) is 0 Å². The molecule has 2 heterocycles. The zero-order chi connectivity index (χ0) is 27.6. The van der Waals surface area contributed by atoms with Crippen LogP contribution in [-0.4, -0.2) is 9.97 Å². The van der Waals surface area contributed by atoms with Crippen LogP contribution in [0.1, 0.15) is 12.0 Å². The molecule has 1 atom stereocenters. The van der Waals surface area contributed by atoms with Gasteiger partial charge in [-0.15, -0.1) is 0 Å². The lowest BCUT2D eigenvalue weighted by Gasteiger charge is -2.36. The number of para-hydroxylation sites is 1. The van der Waals surface area contributed by atoms with Gasteiger partial charge in [0.1, 0.15) is 0 Å². The number of nitrogens with zero attached hydrogens (tertiary/aromatic N) is 2. The van der Waals surface area contributed by atoms with Crippen LogP contribution in [0.4, 0.5) is 0 Å². The molecular formula is C40H26N2. The highest BCUT2D eigenvalue weighted by atomic mass is 14.8. The number of rotatable bonds is 3. The van der Waals surface area contributed by atoms with Gasteiger partial charge in [0, 0.05) is 22.9 Å². The summed E-state index contributed by atoms with van der Waals surface area (Å²) in [5.41, 5.74) is 14.6. The van der Waals surface area contributed by atoms with Gasteiger partial charge in [0.05, 0.1) is 16.9 Å². The Balaban J connectivity index is 1.13. The Morgan fingerprint density at radius 3 is 2.43 bits per heavy atom. The van der Waals surface area contributed by atoms with Gasteiger partial charge >= 0.3 is 0 Å². The molecular weight excluding hydrogens is 508 g/mol. The molecule has 0 spiro atoms. The van der Waals surface area contributed by atoms with Crippen molar-refractivity contribution in [2.24, 2.45) is 5.92 Å². The molecule has 42 heavy (non-hydrogen) atoms. The molecule has 196 valence electrons. The molecule has 4 aliphatic carbocycles. The van der Waals surface area contributed by atoms with E-state index >= 15 is 0 Å². The van der Waals surface area contributed by atoms with E-state index in [1.54, 1.807) is 0 Å². The van der Waals surface area contributed by atoms with Gasteiger partial charge in [-0.1, -0.05) is 109 Å². The second-order valence-electron chi connectivity index (χ2n) is 11.4. The third-order valence-electron chi connectivity index (χ3n) is 8.96. The first-order chi connectivity index (χ1) is 20.8. The number of hydrogen-bond acceptors (Lipinski definition) is 2. The lowest BCUT2D eigenvalue weighted by Crippen LogP contribution is -2.21. The summed E-state index contributed by atoms with van der Waals surface area (Å²) in [6.45, 7) is 0. The van der Waals surface area contributed by atoms with Crippen molar-refractivity contribution in [1.82, 2.24) is 9.97 Å². The zero-order valence-corrected chi connectivity index (χ0v) is 23.0. The van der Waals surface area contributed by atoms with Crippen molar-refractivity contribution >= 4 is 27.2 Å². The molecule has 5 aromatic rings. The van der Waals surface area contributed by atoms with Gasteiger partial charge in [-0.25, -0.2) is 4.98 Å². The Bertz CT molecular complexity index is 2210. The molecule has 0 fully saturated rings. The molecule has 9 rings (SSSR count). The van der Waals surface area contributed by atoms with Crippen LogP contribution in [0.2, 0.25) is 0 Å². The summed E-state index contributed by atoms with van der Waals surface area (Å²) in [7, 11) is 0. The number of allylic oxidation sites excluding steroid dienone is 14. The molecule has 0 aliphatic heterocycles. The Morgan fingerprint density at radius 2 is 1.48 bits per heavy atom. The number of benzene rings is 3. The van der Waals surface area contributed by atoms with E-state index in [0.29, 0.717) is 5.92 Å². The summed E-state index contributed by atoms with van der Waals surface area (Å²) in [4.78, 5) is 9.88. The Kier molecular flexibility index (Phi) is 5.06. The molecule has 3 aromatic carbocycles. The second kappa shape index (κ2) is 9.09. The summed E-state index contributed by atoms with van der Waals surface area (Å²) < 4.78 is 0. The Hall–Kier alpha value is -5.34. The molecule has 2 aromatic heterocycles. The van der Waals surface area contributed by atoms with Crippen molar-refractivity contribution < 1.29 is 0 Å². The molecule has 0 amide bonds. The van der Waals surface area contributed by atoms with Gasteiger partial charge in [-0.2, -0.15) is 0 Å². The average Bonchev–Trinajstić information content (AvgIpc) is 3.07. The maximum Gasteiger partial charge on any atom is 0.0972 e. The third kappa shape index (κ3) is 3.59. The average molecular weight is 535 g/mol. The predicted octanol–water partition coefficient (Wildman–Crippen LogP) is 9.75. The summed E-state index contributed by atoms with van der Waals surface area (Å²) in [6, 6.07) is 30.0. The molecule has 0 radical (unpaired) electrons. The van der Waals surface area contributed by atoms with E-state index in [4.69, 9.17) is 9.97 Å². The monoisotopic (exact) mass is 534 g/mol. The first-order valence-electron chi connectivity index (χ1n) is 14.6. The lowest BCUT2D eigenvalue weighted by atomic mass is 9.68. The van der Waals surface area contributed by atoms with E-state index in [1.165, 1.54) is 50.0 Å². The summed E-state index contributed by atoms with van der Waals surface area (Å²) in [5.74, 6) is 0.355. The van der Waals surface area contributed by atoms with Crippen LogP contribution < -0.4 is 0 Å². The predicted molar refractivity (Wildman–Crippen MR) is 174 cm³/mol. The van der Waals surface area contributed by atoms with Gasteiger partial charge < -0.3 is 0 Å². The number of aromatic nitrogens is 2. The minimum absolute atomic E-state index is 0.355. The van der Waals surface area contributed by atoms with Crippen molar-refractivity contribution in [3.8, 4) is 22.5 Å². The first-order valence-corrected chi connectivity index (χ1v) is 14.6. The van der Waals surface area contributed by atoms with Crippen LogP contribution >= 0.6 is 0 Å². The fourth-order valence-corrected chi connectivity index (χ4v) is 7.00. The maximum absolute atomic E-state index is 5.08. The molecule has 4 aliphatic rings. The normalized spacial score (nSPS) is 18.4. The zero-order valence-electron chi connectivity index (χ0n) is 23.0. The maximum atomic E-state index is 5.08. The SMILES string of the molecule is C1=CC2=C3C(=CC=C4C=C(c5cccc(-c6ccnc(-c7nc8ccccc8c8ccccc78)c6)c5)C=C(C=C2)C43)C1. The quantitative estimate of drug-likeness (QED) is 0.215. The lowest BCUT2D eigenvalue weighted by molar-refractivity contribution is 0.833. The fraction of sp³-hybridized carbons (Fsp3) is 0.0500. The van der Waals surface area contributed by atoms with Crippen molar-refractivity contribution in [1.29, 1.82) is 0 Å². The number of hydrogen-bond donors (Lipinski definition) is 0. The summed E-state index contributed by atoms with van der Waals surface area (Å²) >= 11 is 0. The van der Waals surface area contributed by atoms with E-state index in [0.717, 1.165) is 39.7 Å². The smallest absolute Gasteiger partial charge is 0.0972 e. The molecule has 0 bridgehead atoms. The van der Waals surface area contributed by atoms with Gasteiger partial charge in [0.25, 0.3) is 0 Å². The van der Waals surface area contributed by atoms with Crippen LogP contribution in [0.15, 0.2) is 168 Å². The van der Waals surface area contributed by atoms with E-state index in [-0.39, 0.29) is 0 Å². The topological polar surface area (TPSA) is 25.8 Å². The van der Waals surface area contributed by atoms with E-state index < -0.39 is 0 Å². The van der Waals surface area contributed by atoms with Crippen molar-refractivity contribution in [3.63, 3.8) is 0 Å². The molecule has 2 nitrogen and oxygen atoms in total. The molecule has 0 saturated heterocycles. The van der Waals surface area contributed by atoms with Crippen LogP contribution in [0.3, 0.4) is 0 Å². The van der Waals surface area contributed by atoms with Crippen LogP contribution in [0.5, 0.6) is 0 Å². The van der Waals surface area contributed by atoms with E-state index in [2.05, 4.69) is 127 Å². The van der Waals surface area contributed by atoms with Crippen molar-refractivity contribution in [2.45, 2.75) is 6.42 Å². The fourth-order valence-electron chi connectivity index (χ4n) is 7.00. The Morgan fingerprint density at radius 1 is 0.643 bits per heavy atom. The van der Waals surface area contributed by atoms with E-state index in [1.807, 2.05) is 12.3 Å². The highest BCUT2D eigenvalue weighted by Gasteiger charge is 2.33. The first kappa shape index (κ1) is 23.4. The summed E-state index contributed by atoms with van der Waals surface area (Å²) in [5, 5.41) is 3.48. The highest BCUT2D eigenvalue weighted by molar-refractivity contribution is 6.10. The van der Waals surface area contributed by atoms with Gasteiger partial charge in [-0.05, 0) is 86.2 Å². The molecule has 2 heteroatoms. The van der Waals surface area contributed by atoms with Crippen LogP contribution in [0, 0.1) is 5.92 Å². The second-order valence-corrected chi connectivity index (χ2v) is 11.4. The molecule has 1 unspecified atom stereocenters. The van der Waals surface area contributed by atoms with Crippen LogP contribution in [-0.2, 0) is 0 Å². The largest absolute Gasteiger partial charge is 0.255 e. The molecule has 0 N–H and O–H groups in total. The van der Waals surface area contributed by atoms with Gasteiger partial charge in [-0.3, -0.25) is 4.98 Å². The Labute approximate surface area is 244 Å². The number of fused-ring (bicyclic) bond motifs is 3. The third-order valence-corrected chi connectivity index (χ3v) is 8.96. The minimum Gasteiger partial charge on any atom is -0.255 e. The summed E-state index contributed by atoms with van der Waals surface area (Å²) in [6.07, 6.45) is 21.5. The van der Waals surface area contributed by atoms with E-state index in [9.17, 15) is 0 Å². The van der Waals surface area contributed by atoms with Crippen molar-refractivity contribution in [3.05, 3.63) is 173 Å². The van der Waals surface area contributed by atoms with Gasteiger partial charge in [0.2, 0.25) is 0 Å². The minimum atomic E-state index is 0.355. The van der Waals surface area contributed by atoms with Crippen LogP contribution in [0.25, 0.3) is 49.8 Å². The highest BCUT2D eigenvalue weighted by Crippen LogP contribution is 2.48. The van der Waals surface area contributed by atoms with Gasteiger partial charge in [0.15, 0.2) is 0 Å².